The highest BCUT2D eigenvalue weighted by Crippen LogP contribution is 2.33. The zero-order valence-corrected chi connectivity index (χ0v) is 21.4. The van der Waals surface area contributed by atoms with Gasteiger partial charge in [0, 0.05) is 24.9 Å². The van der Waals surface area contributed by atoms with Crippen LogP contribution >= 0.6 is 11.3 Å². The van der Waals surface area contributed by atoms with E-state index in [1.54, 1.807) is 41.3 Å². The fraction of sp³-hybridized carbons (Fsp3) is 0.417. The molecular formula is C24H31N3O4S2. The minimum atomic E-state index is -3.44. The summed E-state index contributed by atoms with van der Waals surface area (Å²) < 4.78 is 30.9. The minimum Gasteiger partial charge on any atom is -0.491 e. The molecule has 0 aliphatic carbocycles. The van der Waals surface area contributed by atoms with E-state index in [4.69, 9.17) is 4.74 Å². The first-order valence-corrected chi connectivity index (χ1v) is 13.7. The first-order chi connectivity index (χ1) is 15.6. The molecule has 1 heterocycles. The molecule has 7 nitrogen and oxygen atoms in total. The first-order valence-electron chi connectivity index (χ1n) is 11.0. The summed E-state index contributed by atoms with van der Waals surface area (Å²) in [5, 5.41) is 0.487. The average Bonchev–Trinajstić information content (AvgIpc) is 3.19. The number of hydrogen-bond donors (Lipinski definition) is 0. The van der Waals surface area contributed by atoms with Crippen LogP contribution in [0.5, 0.6) is 5.75 Å². The van der Waals surface area contributed by atoms with Gasteiger partial charge in [0.1, 0.15) is 11.3 Å². The van der Waals surface area contributed by atoms with Crippen LogP contribution in [-0.4, -0.2) is 62.7 Å². The molecule has 1 amide bonds. The van der Waals surface area contributed by atoms with Crippen LogP contribution in [0.2, 0.25) is 0 Å². The van der Waals surface area contributed by atoms with Crippen molar-refractivity contribution >= 4 is 42.4 Å². The molecule has 0 fully saturated rings. The van der Waals surface area contributed by atoms with E-state index in [2.05, 4.69) is 23.7 Å². The topological polar surface area (TPSA) is 79.8 Å². The van der Waals surface area contributed by atoms with Crippen molar-refractivity contribution in [3.05, 3.63) is 48.0 Å². The number of amides is 1. The third kappa shape index (κ3) is 6.10. The second-order valence-corrected chi connectivity index (χ2v) is 11.0. The number of carbonyl (C=O) groups is 1. The molecule has 0 radical (unpaired) electrons. The molecule has 0 atom stereocenters. The third-order valence-electron chi connectivity index (χ3n) is 5.25. The number of ether oxygens (including phenoxy) is 1. The molecule has 0 unspecified atom stereocenters. The van der Waals surface area contributed by atoms with Crippen molar-refractivity contribution in [1.82, 2.24) is 9.88 Å². The predicted molar refractivity (Wildman–Crippen MR) is 134 cm³/mol. The van der Waals surface area contributed by atoms with Crippen LogP contribution in [-0.2, 0) is 9.84 Å². The first kappa shape index (κ1) is 25.1. The van der Waals surface area contributed by atoms with Gasteiger partial charge in [0.15, 0.2) is 15.0 Å². The summed E-state index contributed by atoms with van der Waals surface area (Å²) in [4.78, 5) is 22.2. The monoisotopic (exact) mass is 489 g/mol. The van der Waals surface area contributed by atoms with Crippen LogP contribution in [0.4, 0.5) is 5.13 Å². The number of carbonyl (C=O) groups excluding carboxylic acids is 1. The van der Waals surface area contributed by atoms with Crippen LogP contribution < -0.4 is 9.64 Å². The molecule has 1 aromatic heterocycles. The van der Waals surface area contributed by atoms with E-state index in [0.29, 0.717) is 35.1 Å². The van der Waals surface area contributed by atoms with Gasteiger partial charge in [0.25, 0.3) is 5.91 Å². The van der Waals surface area contributed by atoms with Gasteiger partial charge < -0.3 is 9.64 Å². The molecule has 0 bridgehead atoms. The van der Waals surface area contributed by atoms with E-state index in [0.717, 1.165) is 17.8 Å². The Morgan fingerprint density at radius 2 is 1.73 bits per heavy atom. The molecule has 0 spiro atoms. The summed E-state index contributed by atoms with van der Waals surface area (Å²) in [6.07, 6.45) is 1.22. The summed E-state index contributed by atoms with van der Waals surface area (Å²) in [7, 11) is -3.44. The Bertz CT molecular complexity index is 1200. The Hall–Kier alpha value is -2.49. The minimum absolute atomic E-state index is 0.0453. The van der Waals surface area contributed by atoms with Crippen molar-refractivity contribution in [3.8, 4) is 5.75 Å². The highest BCUT2D eigenvalue weighted by Gasteiger charge is 2.24. The van der Waals surface area contributed by atoms with Crippen molar-refractivity contribution in [2.24, 2.45) is 0 Å². The zero-order chi connectivity index (χ0) is 24.2. The molecule has 0 saturated heterocycles. The number of nitrogens with zero attached hydrogens (tertiary/aromatic N) is 3. The number of rotatable bonds is 10. The molecule has 9 heteroatoms. The molecule has 178 valence electrons. The SMILES string of the molecule is CCN(CC)CCN(C(=O)c1ccc(OC(C)C)cc1)c1nc2c(S(C)(=O)=O)cccc2s1. The van der Waals surface area contributed by atoms with Crippen molar-refractivity contribution in [2.75, 3.05) is 37.3 Å². The number of benzene rings is 2. The van der Waals surface area contributed by atoms with E-state index in [1.165, 1.54) is 17.6 Å². The Morgan fingerprint density at radius 3 is 2.30 bits per heavy atom. The third-order valence-corrected chi connectivity index (χ3v) is 7.43. The van der Waals surface area contributed by atoms with Crippen molar-refractivity contribution < 1.29 is 17.9 Å². The van der Waals surface area contributed by atoms with Crippen molar-refractivity contribution in [1.29, 1.82) is 0 Å². The van der Waals surface area contributed by atoms with Gasteiger partial charge in [-0.3, -0.25) is 9.69 Å². The van der Waals surface area contributed by atoms with Gasteiger partial charge in [-0.15, -0.1) is 0 Å². The number of fused-ring (bicyclic) bond motifs is 1. The molecular weight excluding hydrogens is 458 g/mol. The second kappa shape index (κ2) is 10.6. The van der Waals surface area contributed by atoms with Crippen molar-refractivity contribution in [3.63, 3.8) is 0 Å². The highest BCUT2D eigenvalue weighted by atomic mass is 32.2. The lowest BCUT2D eigenvalue weighted by Crippen LogP contribution is -2.38. The van der Waals surface area contributed by atoms with E-state index >= 15 is 0 Å². The number of thiazole rings is 1. The van der Waals surface area contributed by atoms with Crippen LogP contribution in [0.15, 0.2) is 47.4 Å². The maximum absolute atomic E-state index is 13.5. The van der Waals surface area contributed by atoms with Gasteiger partial charge in [-0.2, -0.15) is 0 Å². The van der Waals surface area contributed by atoms with Gasteiger partial charge in [0.2, 0.25) is 0 Å². The van der Waals surface area contributed by atoms with Gasteiger partial charge in [-0.25, -0.2) is 13.4 Å². The van der Waals surface area contributed by atoms with Crippen molar-refractivity contribution in [2.45, 2.75) is 38.7 Å². The molecule has 3 aromatic rings. The predicted octanol–water partition coefficient (Wildman–Crippen LogP) is 4.48. The molecule has 0 aliphatic heterocycles. The highest BCUT2D eigenvalue weighted by molar-refractivity contribution is 7.91. The van der Waals surface area contributed by atoms with E-state index < -0.39 is 9.84 Å². The maximum Gasteiger partial charge on any atom is 0.260 e. The number of sulfone groups is 1. The largest absolute Gasteiger partial charge is 0.491 e. The number of hydrogen-bond acceptors (Lipinski definition) is 7. The molecule has 0 N–H and O–H groups in total. The Labute approximate surface area is 199 Å². The number of para-hydroxylation sites is 1. The van der Waals surface area contributed by atoms with Gasteiger partial charge in [-0.1, -0.05) is 31.3 Å². The molecule has 33 heavy (non-hydrogen) atoms. The van der Waals surface area contributed by atoms with E-state index in [-0.39, 0.29) is 16.9 Å². The average molecular weight is 490 g/mol. The summed E-state index contributed by atoms with van der Waals surface area (Å²) in [5.41, 5.74) is 0.926. The number of aromatic nitrogens is 1. The van der Waals surface area contributed by atoms with Crippen LogP contribution in [0.25, 0.3) is 10.2 Å². The summed E-state index contributed by atoms with van der Waals surface area (Å²) >= 11 is 1.32. The van der Waals surface area contributed by atoms with Gasteiger partial charge in [0.05, 0.1) is 15.7 Å². The quantitative estimate of drug-likeness (QED) is 0.418. The standard InChI is InChI=1S/C24H31N3O4S2/c1-6-26(7-2)15-16-27(23(28)18-11-13-19(14-12-18)31-17(3)4)24-25-22-20(32-24)9-8-10-21(22)33(5,29)30/h8-14,17H,6-7,15-16H2,1-5H3. The van der Waals surface area contributed by atoms with Crippen LogP contribution in [0, 0.1) is 0 Å². The smallest absolute Gasteiger partial charge is 0.260 e. The molecule has 0 saturated carbocycles. The van der Waals surface area contributed by atoms with Gasteiger partial charge in [-0.05, 0) is 63.3 Å². The number of anilines is 1. The summed E-state index contributed by atoms with van der Waals surface area (Å²) in [5.74, 6) is 0.521. The lowest BCUT2D eigenvalue weighted by Gasteiger charge is -2.25. The number of likely N-dealkylation sites (N-methyl/N-ethyl adjacent to an activating group) is 1. The van der Waals surface area contributed by atoms with E-state index in [1.807, 2.05) is 19.9 Å². The summed E-state index contributed by atoms with van der Waals surface area (Å²) in [6, 6.07) is 12.2. The summed E-state index contributed by atoms with van der Waals surface area (Å²) in [6.45, 7) is 10.9. The van der Waals surface area contributed by atoms with Gasteiger partial charge >= 0.3 is 0 Å². The second-order valence-electron chi connectivity index (χ2n) is 8.05. The fourth-order valence-electron chi connectivity index (χ4n) is 3.50. The van der Waals surface area contributed by atoms with Crippen LogP contribution in [0.1, 0.15) is 38.1 Å². The lowest BCUT2D eigenvalue weighted by molar-refractivity contribution is 0.0983. The Kier molecular flexibility index (Phi) is 8.10. The molecule has 2 aromatic carbocycles. The Morgan fingerprint density at radius 1 is 1.06 bits per heavy atom. The lowest BCUT2D eigenvalue weighted by atomic mass is 10.2. The van der Waals surface area contributed by atoms with Crippen LogP contribution in [0.3, 0.4) is 0 Å². The fourth-order valence-corrected chi connectivity index (χ4v) is 5.41. The normalized spacial score (nSPS) is 12.0. The maximum atomic E-state index is 13.5. The molecule has 3 rings (SSSR count). The Balaban J connectivity index is 2.00. The molecule has 0 aliphatic rings. The zero-order valence-electron chi connectivity index (χ0n) is 19.7. The van der Waals surface area contributed by atoms with E-state index in [9.17, 15) is 13.2 Å².